The third-order valence-electron chi connectivity index (χ3n) is 3.46. The standard InChI is InChI=1S/C16H26O2.Ni/c1-4-7-8-10-12-11-15(17)16(18)13(6-3)14(12)9-5-2;/h11,17-18H,4-10H2,1-3H3;/q;+2/p-2. The van der Waals surface area contributed by atoms with E-state index in [-0.39, 0.29) is 28.0 Å². The molecule has 19 heavy (non-hydrogen) atoms. The first-order valence-electron chi connectivity index (χ1n) is 7.17. The van der Waals surface area contributed by atoms with Gasteiger partial charge in [-0.15, -0.1) is 11.5 Å². The molecule has 110 valence electrons. The molecule has 0 atom stereocenters. The summed E-state index contributed by atoms with van der Waals surface area (Å²) in [5.41, 5.74) is 3.03. The maximum atomic E-state index is 11.9. The smallest absolute Gasteiger partial charge is 0.873 e. The Morgan fingerprint density at radius 2 is 1.58 bits per heavy atom. The van der Waals surface area contributed by atoms with Crippen LogP contribution in [0.15, 0.2) is 6.07 Å². The molecule has 0 aliphatic heterocycles. The summed E-state index contributed by atoms with van der Waals surface area (Å²) in [7, 11) is 0. The van der Waals surface area contributed by atoms with Crippen molar-refractivity contribution in [2.45, 2.75) is 65.7 Å². The van der Waals surface area contributed by atoms with Gasteiger partial charge in [0.05, 0.1) is 0 Å². The van der Waals surface area contributed by atoms with Gasteiger partial charge >= 0.3 is 16.5 Å². The van der Waals surface area contributed by atoms with Crippen LogP contribution in [0.4, 0.5) is 0 Å². The Hall–Kier alpha value is -0.686. The first kappa shape index (κ1) is 18.3. The summed E-state index contributed by atoms with van der Waals surface area (Å²) in [6.07, 6.45) is 7.00. The van der Waals surface area contributed by atoms with Gasteiger partial charge in [-0.05, 0) is 36.8 Å². The van der Waals surface area contributed by atoms with E-state index in [4.69, 9.17) is 0 Å². The molecule has 0 spiro atoms. The van der Waals surface area contributed by atoms with Gasteiger partial charge in [0, 0.05) is 0 Å². The van der Waals surface area contributed by atoms with Crippen molar-refractivity contribution in [1.82, 2.24) is 0 Å². The summed E-state index contributed by atoms with van der Waals surface area (Å²) in [5.74, 6) is -0.599. The molecule has 2 nitrogen and oxygen atoms in total. The maximum Gasteiger partial charge on any atom is 2.00 e. The molecule has 0 amide bonds. The minimum Gasteiger partial charge on any atom is -0.873 e. The van der Waals surface area contributed by atoms with Gasteiger partial charge < -0.3 is 10.2 Å². The zero-order valence-electron chi connectivity index (χ0n) is 12.2. The van der Waals surface area contributed by atoms with Crippen molar-refractivity contribution < 1.29 is 26.7 Å². The van der Waals surface area contributed by atoms with Crippen LogP contribution in [0.3, 0.4) is 0 Å². The van der Waals surface area contributed by atoms with Gasteiger partial charge in [0.15, 0.2) is 0 Å². The predicted molar refractivity (Wildman–Crippen MR) is 71.9 cm³/mol. The molecule has 1 aromatic carbocycles. The second-order valence-corrected chi connectivity index (χ2v) is 4.88. The Balaban J connectivity index is 0.00000324. The predicted octanol–water partition coefficient (Wildman–Crippen LogP) is 3.08. The summed E-state index contributed by atoms with van der Waals surface area (Å²) >= 11 is 0. The molecule has 0 saturated carbocycles. The summed E-state index contributed by atoms with van der Waals surface area (Å²) in [6, 6.07) is 1.59. The van der Waals surface area contributed by atoms with Crippen molar-refractivity contribution in [3.8, 4) is 11.5 Å². The van der Waals surface area contributed by atoms with Crippen LogP contribution < -0.4 is 10.2 Å². The molecule has 0 bridgehead atoms. The van der Waals surface area contributed by atoms with Gasteiger partial charge in [-0.3, -0.25) is 0 Å². The molecule has 0 heterocycles. The first-order chi connectivity index (χ1) is 8.65. The van der Waals surface area contributed by atoms with Crippen LogP contribution in [0.25, 0.3) is 0 Å². The third-order valence-corrected chi connectivity index (χ3v) is 3.46. The van der Waals surface area contributed by atoms with Gasteiger partial charge in [-0.1, -0.05) is 51.7 Å². The zero-order chi connectivity index (χ0) is 13.5. The largest absolute Gasteiger partial charge is 2.00 e. The van der Waals surface area contributed by atoms with Gasteiger partial charge in [-0.2, -0.15) is 0 Å². The summed E-state index contributed by atoms with van der Waals surface area (Å²) in [5, 5.41) is 23.6. The second-order valence-electron chi connectivity index (χ2n) is 4.88. The van der Waals surface area contributed by atoms with Crippen molar-refractivity contribution in [3.63, 3.8) is 0 Å². The number of benzene rings is 1. The summed E-state index contributed by atoms with van der Waals surface area (Å²) < 4.78 is 0. The Morgan fingerprint density at radius 1 is 0.895 bits per heavy atom. The van der Waals surface area contributed by atoms with Crippen LogP contribution in [0, 0.1) is 0 Å². The number of unbranched alkanes of at least 4 members (excludes halogenated alkanes) is 2. The van der Waals surface area contributed by atoms with Crippen LogP contribution in [0.5, 0.6) is 11.5 Å². The average molecular weight is 307 g/mol. The quantitative estimate of drug-likeness (QED) is 0.574. The molecule has 0 saturated heterocycles. The molecule has 0 aromatic heterocycles. The van der Waals surface area contributed by atoms with E-state index in [1.807, 2.05) is 6.92 Å². The summed E-state index contributed by atoms with van der Waals surface area (Å²) in [4.78, 5) is 0. The minimum atomic E-state index is -0.321. The maximum absolute atomic E-state index is 11.9. The van der Waals surface area contributed by atoms with Gasteiger partial charge in [-0.25, -0.2) is 0 Å². The fraction of sp³-hybridized carbons (Fsp3) is 0.625. The molecule has 3 heteroatoms. The molecule has 1 aromatic rings. The van der Waals surface area contributed by atoms with E-state index >= 15 is 0 Å². The van der Waals surface area contributed by atoms with Gasteiger partial charge in [0.2, 0.25) is 0 Å². The van der Waals surface area contributed by atoms with Crippen molar-refractivity contribution in [3.05, 3.63) is 22.8 Å². The molecular formula is C16H24NiO2. The van der Waals surface area contributed by atoms with Crippen LogP contribution in [-0.2, 0) is 35.8 Å². The number of rotatable bonds is 7. The third kappa shape index (κ3) is 4.72. The summed E-state index contributed by atoms with van der Waals surface area (Å²) in [6.45, 7) is 6.25. The van der Waals surface area contributed by atoms with Crippen molar-refractivity contribution in [2.24, 2.45) is 0 Å². The molecule has 0 fully saturated rings. The molecular weight excluding hydrogens is 283 g/mol. The molecule has 0 aliphatic carbocycles. The molecule has 1 rings (SSSR count). The Labute approximate surface area is 127 Å². The fourth-order valence-corrected chi connectivity index (χ4v) is 2.51. The SMILES string of the molecule is CCCCCc1cc([O-])c([O-])c(CC)c1CCC.[Ni+2]. The first-order valence-corrected chi connectivity index (χ1v) is 7.17. The van der Waals surface area contributed by atoms with Crippen molar-refractivity contribution in [1.29, 1.82) is 0 Å². The van der Waals surface area contributed by atoms with Gasteiger partial charge in [0.25, 0.3) is 0 Å². The number of hydrogen-bond donors (Lipinski definition) is 0. The number of hydrogen-bond acceptors (Lipinski definition) is 2. The van der Waals surface area contributed by atoms with Crippen LogP contribution >= 0.6 is 0 Å². The second kappa shape index (κ2) is 9.25. The van der Waals surface area contributed by atoms with Crippen LogP contribution in [0.1, 0.15) is 63.1 Å². The van der Waals surface area contributed by atoms with Crippen molar-refractivity contribution in [2.75, 3.05) is 0 Å². The molecule has 0 N–H and O–H groups in total. The monoisotopic (exact) mass is 306 g/mol. The normalized spacial score (nSPS) is 10.3. The van der Waals surface area contributed by atoms with E-state index in [0.29, 0.717) is 6.42 Å². The van der Waals surface area contributed by atoms with Crippen LogP contribution in [0.2, 0.25) is 0 Å². The Kier molecular flexibility index (Phi) is 8.92. The van der Waals surface area contributed by atoms with E-state index in [9.17, 15) is 10.2 Å². The van der Waals surface area contributed by atoms with E-state index < -0.39 is 0 Å². The number of aryl methyl sites for hydroxylation is 1. The molecule has 0 aliphatic rings. The zero-order valence-corrected chi connectivity index (χ0v) is 13.1. The van der Waals surface area contributed by atoms with E-state index in [1.165, 1.54) is 12.8 Å². The topological polar surface area (TPSA) is 46.1 Å². The average Bonchev–Trinajstić information content (AvgIpc) is 2.36. The van der Waals surface area contributed by atoms with Crippen molar-refractivity contribution >= 4 is 0 Å². The molecule has 0 radical (unpaired) electrons. The molecule has 0 unspecified atom stereocenters. The van der Waals surface area contributed by atoms with E-state index in [0.717, 1.165) is 42.4 Å². The minimum absolute atomic E-state index is 0. The Bertz CT molecular complexity index is 389. The van der Waals surface area contributed by atoms with Gasteiger partial charge in [0.1, 0.15) is 0 Å². The van der Waals surface area contributed by atoms with E-state index in [1.54, 1.807) is 6.07 Å². The fourth-order valence-electron chi connectivity index (χ4n) is 2.51. The van der Waals surface area contributed by atoms with Crippen LogP contribution in [-0.4, -0.2) is 0 Å². The van der Waals surface area contributed by atoms with E-state index in [2.05, 4.69) is 13.8 Å². The Morgan fingerprint density at radius 3 is 2.11 bits per heavy atom.